The van der Waals surface area contributed by atoms with Crippen LogP contribution in [0, 0.1) is 0 Å². The van der Waals surface area contributed by atoms with Crippen LogP contribution in [-0.2, 0) is 0 Å². The van der Waals surface area contributed by atoms with Crippen molar-refractivity contribution in [1.29, 1.82) is 0 Å². The summed E-state index contributed by atoms with van der Waals surface area (Å²) in [6.07, 6.45) is 1.51. The number of benzene rings is 1. The molecule has 0 aliphatic rings. The molecule has 0 atom stereocenters. The van der Waals surface area contributed by atoms with Gasteiger partial charge in [-0.2, -0.15) is 0 Å². The van der Waals surface area contributed by atoms with Gasteiger partial charge in [0.1, 0.15) is 5.15 Å². The van der Waals surface area contributed by atoms with Crippen molar-refractivity contribution in [3.05, 3.63) is 56.2 Å². The fraction of sp³-hybridized carbons (Fsp3) is 0. The van der Waals surface area contributed by atoms with E-state index in [4.69, 9.17) is 11.6 Å². The fourth-order valence-electron chi connectivity index (χ4n) is 1.32. The average molecular weight is 390 g/mol. The molecule has 18 heavy (non-hydrogen) atoms. The van der Waals surface area contributed by atoms with E-state index in [1.54, 1.807) is 24.3 Å². The Bertz CT molecular complexity index is 587. The second-order valence-corrected chi connectivity index (χ2v) is 5.61. The Labute approximate surface area is 126 Å². The molecule has 0 unspecified atom stereocenters. The molecule has 92 valence electrons. The minimum atomic E-state index is -0.215. The number of nitrogens with zero attached hydrogens (tertiary/aromatic N) is 1. The summed E-state index contributed by atoms with van der Waals surface area (Å²) in [5.74, 6) is -0.215. The van der Waals surface area contributed by atoms with E-state index in [-0.39, 0.29) is 5.91 Å². The Balaban J connectivity index is 2.21. The molecule has 1 heterocycles. The van der Waals surface area contributed by atoms with Crippen LogP contribution in [0.25, 0.3) is 0 Å². The molecule has 0 radical (unpaired) electrons. The third-order valence-electron chi connectivity index (χ3n) is 2.16. The quantitative estimate of drug-likeness (QED) is 0.767. The zero-order valence-electron chi connectivity index (χ0n) is 8.95. The highest BCUT2D eigenvalue weighted by Gasteiger charge is 2.10. The number of rotatable bonds is 2. The number of hydrogen-bond acceptors (Lipinski definition) is 2. The van der Waals surface area contributed by atoms with Gasteiger partial charge in [0, 0.05) is 8.95 Å². The van der Waals surface area contributed by atoms with Crippen molar-refractivity contribution in [2.75, 3.05) is 5.32 Å². The second kappa shape index (κ2) is 5.82. The van der Waals surface area contributed by atoms with Crippen molar-refractivity contribution in [2.45, 2.75) is 0 Å². The number of carbonyl (C=O) groups is 1. The molecule has 0 saturated heterocycles. The van der Waals surface area contributed by atoms with E-state index in [1.807, 2.05) is 6.07 Å². The summed E-state index contributed by atoms with van der Waals surface area (Å²) in [6, 6.07) is 8.71. The molecule has 1 aromatic heterocycles. The van der Waals surface area contributed by atoms with Crippen molar-refractivity contribution in [3.63, 3.8) is 0 Å². The molecule has 0 aliphatic carbocycles. The number of amides is 1. The van der Waals surface area contributed by atoms with E-state index >= 15 is 0 Å². The number of carbonyl (C=O) groups excluding carboxylic acids is 1. The Morgan fingerprint density at radius 3 is 2.67 bits per heavy atom. The zero-order chi connectivity index (χ0) is 13.1. The van der Waals surface area contributed by atoms with Crippen LogP contribution in [0.2, 0.25) is 5.15 Å². The number of pyridine rings is 1. The van der Waals surface area contributed by atoms with Crippen molar-refractivity contribution in [2.24, 2.45) is 0 Å². The van der Waals surface area contributed by atoms with Crippen LogP contribution in [0.1, 0.15) is 10.4 Å². The third kappa shape index (κ3) is 3.31. The fourth-order valence-corrected chi connectivity index (χ4v) is 2.22. The maximum Gasteiger partial charge on any atom is 0.256 e. The molecule has 1 amide bonds. The summed E-state index contributed by atoms with van der Waals surface area (Å²) in [4.78, 5) is 15.9. The maximum atomic E-state index is 12.0. The molecular formula is C12H7Br2ClN2O. The molecule has 2 rings (SSSR count). The molecular weight excluding hydrogens is 383 g/mol. The minimum absolute atomic E-state index is 0.215. The summed E-state index contributed by atoms with van der Waals surface area (Å²) >= 11 is 12.3. The minimum Gasteiger partial charge on any atom is -0.321 e. The lowest BCUT2D eigenvalue weighted by molar-refractivity contribution is 0.102. The van der Waals surface area contributed by atoms with Crippen LogP contribution in [0.4, 0.5) is 5.69 Å². The predicted octanol–water partition coefficient (Wildman–Crippen LogP) is 4.51. The zero-order valence-corrected chi connectivity index (χ0v) is 12.9. The molecule has 0 fully saturated rings. The van der Waals surface area contributed by atoms with Crippen LogP contribution in [0.15, 0.2) is 45.5 Å². The highest BCUT2D eigenvalue weighted by molar-refractivity contribution is 9.11. The van der Waals surface area contributed by atoms with Gasteiger partial charge in [-0.3, -0.25) is 4.79 Å². The van der Waals surface area contributed by atoms with Crippen LogP contribution in [-0.4, -0.2) is 10.9 Å². The van der Waals surface area contributed by atoms with Crippen molar-refractivity contribution >= 4 is 55.1 Å². The van der Waals surface area contributed by atoms with E-state index in [9.17, 15) is 4.79 Å². The normalized spacial score (nSPS) is 10.2. The first kappa shape index (κ1) is 13.5. The van der Waals surface area contributed by atoms with E-state index in [0.29, 0.717) is 16.4 Å². The van der Waals surface area contributed by atoms with E-state index in [0.717, 1.165) is 8.95 Å². The number of aromatic nitrogens is 1. The highest BCUT2D eigenvalue weighted by Crippen LogP contribution is 2.22. The van der Waals surface area contributed by atoms with Gasteiger partial charge >= 0.3 is 0 Å². The van der Waals surface area contributed by atoms with Gasteiger partial charge in [0.15, 0.2) is 0 Å². The molecule has 1 aromatic carbocycles. The molecule has 2 aromatic rings. The Morgan fingerprint density at radius 1 is 1.22 bits per heavy atom. The summed E-state index contributed by atoms with van der Waals surface area (Å²) in [5, 5.41) is 3.13. The Kier molecular flexibility index (Phi) is 4.37. The van der Waals surface area contributed by atoms with Crippen molar-refractivity contribution < 1.29 is 4.79 Å². The first-order chi connectivity index (χ1) is 8.56. The molecule has 0 spiro atoms. The van der Waals surface area contributed by atoms with Gasteiger partial charge in [-0.15, -0.1) is 0 Å². The standard InChI is InChI=1S/C12H7Br2ClN2O/c13-7-1-3-10(14)9(5-7)12(18)17-8-2-4-11(15)16-6-8/h1-6H,(H,17,18). The molecule has 3 nitrogen and oxygen atoms in total. The van der Waals surface area contributed by atoms with E-state index in [1.165, 1.54) is 6.20 Å². The number of anilines is 1. The summed E-state index contributed by atoms with van der Waals surface area (Å²) in [7, 11) is 0. The van der Waals surface area contributed by atoms with Crippen LogP contribution in [0.3, 0.4) is 0 Å². The summed E-state index contributed by atoms with van der Waals surface area (Å²) < 4.78 is 1.57. The van der Waals surface area contributed by atoms with Gasteiger partial charge < -0.3 is 5.32 Å². The van der Waals surface area contributed by atoms with Gasteiger partial charge in [0.25, 0.3) is 5.91 Å². The lowest BCUT2D eigenvalue weighted by atomic mass is 10.2. The van der Waals surface area contributed by atoms with Gasteiger partial charge in [-0.05, 0) is 46.3 Å². The molecule has 0 saturated carbocycles. The van der Waals surface area contributed by atoms with Crippen molar-refractivity contribution in [1.82, 2.24) is 4.98 Å². The topological polar surface area (TPSA) is 42.0 Å². The Morgan fingerprint density at radius 2 is 2.00 bits per heavy atom. The van der Waals surface area contributed by atoms with Crippen LogP contribution >= 0.6 is 43.5 Å². The van der Waals surface area contributed by atoms with Gasteiger partial charge in [0.2, 0.25) is 0 Å². The maximum absolute atomic E-state index is 12.0. The molecule has 6 heteroatoms. The molecule has 0 aliphatic heterocycles. The summed E-state index contributed by atoms with van der Waals surface area (Å²) in [5.41, 5.74) is 1.13. The largest absolute Gasteiger partial charge is 0.321 e. The smallest absolute Gasteiger partial charge is 0.256 e. The monoisotopic (exact) mass is 388 g/mol. The first-order valence-corrected chi connectivity index (χ1v) is 6.90. The van der Waals surface area contributed by atoms with Crippen LogP contribution in [0.5, 0.6) is 0 Å². The number of halogens is 3. The van der Waals surface area contributed by atoms with Gasteiger partial charge in [-0.25, -0.2) is 4.98 Å². The number of hydrogen-bond donors (Lipinski definition) is 1. The van der Waals surface area contributed by atoms with E-state index in [2.05, 4.69) is 42.2 Å². The van der Waals surface area contributed by atoms with E-state index < -0.39 is 0 Å². The lowest BCUT2D eigenvalue weighted by Crippen LogP contribution is -2.12. The van der Waals surface area contributed by atoms with Crippen LogP contribution < -0.4 is 5.32 Å². The van der Waals surface area contributed by atoms with Gasteiger partial charge in [-0.1, -0.05) is 27.5 Å². The average Bonchev–Trinajstić information content (AvgIpc) is 2.35. The number of nitrogens with one attached hydrogen (secondary N) is 1. The van der Waals surface area contributed by atoms with Crippen molar-refractivity contribution in [3.8, 4) is 0 Å². The predicted molar refractivity (Wildman–Crippen MR) is 79.0 cm³/mol. The Hall–Kier alpha value is -0.910. The highest BCUT2D eigenvalue weighted by atomic mass is 79.9. The molecule has 0 bridgehead atoms. The SMILES string of the molecule is O=C(Nc1ccc(Cl)nc1)c1cc(Br)ccc1Br. The molecule has 1 N–H and O–H groups in total. The lowest BCUT2D eigenvalue weighted by Gasteiger charge is -2.07. The second-order valence-electron chi connectivity index (χ2n) is 3.45. The van der Waals surface area contributed by atoms with Gasteiger partial charge in [0.05, 0.1) is 17.4 Å². The summed E-state index contributed by atoms with van der Waals surface area (Å²) in [6.45, 7) is 0. The first-order valence-electron chi connectivity index (χ1n) is 4.94. The third-order valence-corrected chi connectivity index (χ3v) is 3.57.